The lowest BCUT2D eigenvalue weighted by Gasteiger charge is -2.44. The largest absolute Gasteiger partial charge is 0.378 e. The Bertz CT molecular complexity index is 464. The number of ketones is 2. The standard InChI is InChI=1S/C21H37NO4/c1-7-9-25-11-12-26-10-8-22-17(13-16(2)3)21(6)18(23)14-20(4,5)15-19(21)24/h7,16-17,22H,1,8-15H2,2-6H3. The van der Waals surface area contributed by atoms with Crippen LogP contribution in [0.2, 0.25) is 0 Å². The van der Waals surface area contributed by atoms with E-state index in [9.17, 15) is 9.59 Å². The Morgan fingerprint density at radius 2 is 1.65 bits per heavy atom. The smallest absolute Gasteiger partial charge is 0.148 e. The first-order valence-electron chi connectivity index (χ1n) is 9.70. The maximum Gasteiger partial charge on any atom is 0.148 e. The molecule has 0 aromatic heterocycles. The van der Waals surface area contributed by atoms with E-state index in [0.29, 0.717) is 51.7 Å². The molecule has 5 nitrogen and oxygen atoms in total. The fourth-order valence-corrected chi connectivity index (χ4v) is 3.53. The molecule has 5 heteroatoms. The number of nitrogens with one attached hydrogen (secondary N) is 1. The van der Waals surface area contributed by atoms with Crippen LogP contribution in [0.5, 0.6) is 0 Å². The van der Waals surface area contributed by atoms with Gasteiger partial charge in [0.05, 0.1) is 31.8 Å². The van der Waals surface area contributed by atoms with Crippen molar-refractivity contribution < 1.29 is 19.1 Å². The lowest BCUT2D eigenvalue weighted by Crippen LogP contribution is -2.58. The zero-order valence-corrected chi connectivity index (χ0v) is 17.2. The van der Waals surface area contributed by atoms with E-state index in [1.807, 2.05) is 20.8 Å². The van der Waals surface area contributed by atoms with Crippen LogP contribution in [0.1, 0.15) is 53.9 Å². The summed E-state index contributed by atoms with van der Waals surface area (Å²) < 4.78 is 10.8. The van der Waals surface area contributed by atoms with Crippen LogP contribution >= 0.6 is 0 Å². The molecule has 0 radical (unpaired) electrons. The minimum Gasteiger partial charge on any atom is -0.378 e. The molecule has 0 aromatic rings. The van der Waals surface area contributed by atoms with Crippen molar-refractivity contribution in [3.63, 3.8) is 0 Å². The van der Waals surface area contributed by atoms with Crippen LogP contribution in [0.3, 0.4) is 0 Å². The highest BCUT2D eigenvalue weighted by atomic mass is 16.5. The summed E-state index contributed by atoms with van der Waals surface area (Å²) in [6, 6.07) is -0.154. The minimum absolute atomic E-state index is 0.0654. The van der Waals surface area contributed by atoms with Crippen molar-refractivity contribution >= 4 is 11.6 Å². The highest BCUT2D eigenvalue weighted by Gasteiger charge is 2.52. The molecule has 1 unspecified atom stereocenters. The van der Waals surface area contributed by atoms with Gasteiger partial charge < -0.3 is 14.8 Å². The topological polar surface area (TPSA) is 64.6 Å². The Balaban J connectivity index is 2.61. The molecule has 26 heavy (non-hydrogen) atoms. The number of ether oxygens (including phenoxy) is 2. The summed E-state index contributed by atoms with van der Waals surface area (Å²) in [5, 5.41) is 3.43. The van der Waals surface area contributed by atoms with Crippen molar-refractivity contribution in [3.8, 4) is 0 Å². The third kappa shape index (κ3) is 6.60. The van der Waals surface area contributed by atoms with Gasteiger partial charge >= 0.3 is 0 Å². The van der Waals surface area contributed by atoms with Crippen molar-refractivity contribution in [2.75, 3.05) is 33.0 Å². The third-order valence-electron chi connectivity index (χ3n) is 5.09. The van der Waals surface area contributed by atoms with Crippen LogP contribution in [0.25, 0.3) is 0 Å². The lowest BCUT2D eigenvalue weighted by molar-refractivity contribution is -0.149. The third-order valence-corrected chi connectivity index (χ3v) is 5.09. The second-order valence-electron chi connectivity index (χ2n) is 8.68. The summed E-state index contributed by atoms with van der Waals surface area (Å²) >= 11 is 0. The van der Waals surface area contributed by atoms with Crippen LogP contribution in [0.4, 0.5) is 0 Å². The molecule has 1 N–H and O–H groups in total. The van der Waals surface area contributed by atoms with Gasteiger partial charge in [-0.05, 0) is 24.7 Å². The molecule has 1 aliphatic rings. The maximum atomic E-state index is 12.9. The molecule has 1 atom stereocenters. The van der Waals surface area contributed by atoms with Gasteiger partial charge in [0.15, 0.2) is 0 Å². The molecular formula is C21H37NO4. The van der Waals surface area contributed by atoms with Crippen molar-refractivity contribution in [1.29, 1.82) is 0 Å². The Morgan fingerprint density at radius 3 is 2.19 bits per heavy atom. The molecule has 150 valence electrons. The van der Waals surface area contributed by atoms with Gasteiger partial charge in [0.25, 0.3) is 0 Å². The zero-order valence-electron chi connectivity index (χ0n) is 17.2. The molecule has 1 rings (SSSR count). The molecule has 0 amide bonds. The number of hydrogen-bond acceptors (Lipinski definition) is 5. The van der Waals surface area contributed by atoms with Crippen LogP contribution < -0.4 is 5.32 Å². The normalized spacial score (nSPS) is 20.4. The molecular weight excluding hydrogens is 330 g/mol. The SMILES string of the molecule is C=CCOCCOCCNC(CC(C)C)C1(C)C(=O)CC(C)(C)CC1=O. The average molecular weight is 368 g/mol. The Labute approximate surface area is 158 Å². The van der Waals surface area contributed by atoms with Gasteiger partial charge in [0, 0.05) is 25.4 Å². The first kappa shape index (κ1) is 23.0. The second kappa shape index (κ2) is 10.3. The molecule has 0 spiro atoms. The quantitative estimate of drug-likeness (QED) is 0.326. The zero-order chi connectivity index (χ0) is 19.8. The van der Waals surface area contributed by atoms with Gasteiger partial charge in [0.1, 0.15) is 11.6 Å². The summed E-state index contributed by atoms with van der Waals surface area (Å²) in [5.41, 5.74) is -1.17. The first-order chi connectivity index (χ1) is 12.1. The molecule has 1 aliphatic carbocycles. The summed E-state index contributed by atoms with van der Waals surface area (Å²) in [6.07, 6.45) is 3.42. The fraction of sp³-hybridized carbons (Fsp3) is 0.810. The number of rotatable bonds is 12. The molecule has 1 fully saturated rings. The Morgan fingerprint density at radius 1 is 1.08 bits per heavy atom. The van der Waals surface area contributed by atoms with Crippen molar-refractivity contribution in [2.24, 2.45) is 16.7 Å². The van der Waals surface area contributed by atoms with Gasteiger partial charge in [0.2, 0.25) is 0 Å². The maximum absolute atomic E-state index is 12.9. The van der Waals surface area contributed by atoms with Crippen molar-refractivity contribution in [3.05, 3.63) is 12.7 Å². The van der Waals surface area contributed by atoms with Crippen molar-refractivity contribution in [2.45, 2.75) is 59.9 Å². The minimum atomic E-state index is -0.938. The monoisotopic (exact) mass is 367 g/mol. The van der Waals surface area contributed by atoms with E-state index in [1.165, 1.54) is 0 Å². The second-order valence-corrected chi connectivity index (χ2v) is 8.68. The van der Waals surface area contributed by atoms with Gasteiger partial charge in [-0.1, -0.05) is 33.8 Å². The predicted octanol–water partition coefficient (Wildman–Crippen LogP) is 3.17. The van der Waals surface area contributed by atoms with E-state index in [0.717, 1.165) is 6.42 Å². The van der Waals surface area contributed by atoms with Crippen LogP contribution in [0.15, 0.2) is 12.7 Å². The Kier molecular flexibility index (Phi) is 9.14. The van der Waals surface area contributed by atoms with Gasteiger partial charge in [-0.15, -0.1) is 6.58 Å². The van der Waals surface area contributed by atoms with E-state index in [1.54, 1.807) is 6.08 Å². The number of Topliss-reactive ketones (excluding diaryl/α,β-unsaturated/α-hetero) is 2. The van der Waals surface area contributed by atoms with Gasteiger partial charge in [-0.25, -0.2) is 0 Å². The molecule has 0 saturated heterocycles. The van der Waals surface area contributed by atoms with Crippen molar-refractivity contribution in [1.82, 2.24) is 5.32 Å². The van der Waals surface area contributed by atoms with E-state index < -0.39 is 5.41 Å². The summed E-state index contributed by atoms with van der Waals surface area (Å²) in [5.74, 6) is 0.527. The van der Waals surface area contributed by atoms with Gasteiger partial charge in [-0.3, -0.25) is 9.59 Å². The fourth-order valence-electron chi connectivity index (χ4n) is 3.53. The van der Waals surface area contributed by atoms with E-state index in [-0.39, 0.29) is 23.0 Å². The van der Waals surface area contributed by atoms with Crippen LogP contribution in [-0.2, 0) is 19.1 Å². The Hall–Kier alpha value is -1.04. The summed E-state index contributed by atoms with van der Waals surface area (Å²) in [4.78, 5) is 25.8. The molecule has 0 aromatic carbocycles. The van der Waals surface area contributed by atoms with E-state index in [2.05, 4.69) is 25.7 Å². The van der Waals surface area contributed by atoms with Gasteiger partial charge in [-0.2, -0.15) is 0 Å². The first-order valence-corrected chi connectivity index (χ1v) is 9.70. The number of carbonyl (C=O) groups excluding carboxylic acids is 2. The molecule has 0 heterocycles. The highest BCUT2D eigenvalue weighted by molar-refractivity contribution is 6.10. The van der Waals surface area contributed by atoms with E-state index >= 15 is 0 Å². The number of carbonyl (C=O) groups is 2. The summed E-state index contributed by atoms with van der Waals surface area (Å²) in [7, 11) is 0. The predicted molar refractivity (Wildman–Crippen MR) is 104 cm³/mol. The molecule has 0 aliphatic heterocycles. The average Bonchev–Trinajstić information content (AvgIpc) is 2.52. The van der Waals surface area contributed by atoms with E-state index in [4.69, 9.17) is 9.47 Å². The number of hydrogen-bond donors (Lipinski definition) is 1. The van der Waals surface area contributed by atoms with Crippen LogP contribution in [-0.4, -0.2) is 50.6 Å². The van der Waals surface area contributed by atoms with Crippen LogP contribution in [0, 0.1) is 16.7 Å². The lowest BCUT2D eigenvalue weighted by atomic mass is 9.60. The highest BCUT2D eigenvalue weighted by Crippen LogP contribution is 2.43. The summed E-state index contributed by atoms with van der Waals surface area (Å²) in [6.45, 7) is 16.4. The molecule has 0 bridgehead atoms. The molecule has 1 saturated carbocycles.